The topological polar surface area (TPSA) is 79.4 Å². The quantitative estimate of drug-likeness (QED) is 0.491. The first kappa shape index (κ1) is 18.8. The number of pyridine rings is 2. The Morgan fingerprint density at radius 3 is 2.38 bits per heavy atom. The molecular formula is C19H14F4N6. The molecule has 148 valence electrons. The molecule has 0 fully saturated rings. The maximum atomic E-state index is 13.4. The number of hydrogen-bond donors (Lipinski definition) is 2. The van der Waals surface area contributed by atoms with Gasteiger partial charge in [-0.1, -0.05) is 6.07 Å². The van der Waals surface area contributed by atoms with Crippen molar-refractivity contribution in [3.05, 3.63) is 77.4 Å². The molecule has 0 atom stereocenters. The van der Waals surface area contributed by atoms with E-state index in [9.17, 15) is 17.6 Å². The van der Waals surface area contributed by atoms with E-state index in [0.29, 0.717) is 29.0 Å². The molecule has 0 spiro atoms. The van der Waals surface area contributed by atoms with E-state index in [2.05, 4.69) is 30.2 Å². The van der Waals surface area contributed by atoms with Crippen molar-refractivity contribution in [3.8, 4) is 0 Å². The number of alkyl halides is 3. The highest BCUT2D eigenvalue weighted by Gasteiger charge is 2.31. The Morgan fingerprint density at radius 2 is 1.69 bits per heavy atom. The molecule has 0 aliphatic heterocycles. The molecule has 0 saturated carbocycles. The lowest BCUT2D eigenvalue weighted by Gasteiger charge is -2.08. The SMILES string of the molecule is Fc1cnc2[nH]cc(Cc3cnc(NCc4ccc(C(F)(F)F)nc4)nc3)c2c1. The molecule has 29 heavy (non-hydrogen) atoms. The van der Waals surface area contributed by atoms with Crippen LogP contribution in [-0.4, -0.2) is 24.9 Å². The average Bonchev–Trinajstić information content (AvgIpc) is 3.09. The summed E-state index contributed by atoms with van der Waals surface area (Å²) in [5.74, 6) is -0.0767. The van der Waals surface area contributed by atoms with E-state index < -0.39 is 17.7 Å². The first-order chi connectivity index (χ1) is 13.9. The first-order valence-electron chi connectivity index (χ1n) is 8.57. The van der Waals surface area contributed by atoms with Crippen molar-refractivity contribution >= 4 is 17.0 Å². The van der Waals surface area contributed by atoms with E-state index >= 15 is 0 Å². The maximum Gasteiger partial charge on any atom is 0.433 e. The Labute approximate surface area is 162 Å². The second-order valence-corrected chi connectivity index (χ2v) is 6.36. The highest BCUT2D eigenvalue weighted by atomic mass is 19.4. The number of nitrogens with one attached hydrogen (secondary N) is 2. The molecule has 0 unspecified atom stereocenters. The summed E-state index contributed by atoms with van der Waals surface area (Å²) in [5, 5.41) is 3.63. The Hall–Kier alpha value is -3.56. The number of aromatic nitrogens is 5. The minimum Gasteiger partial charge on any atom is -0.350 e. The first-order valence-corrected chi connectivity index (χ1v) is 8.57. The molecule has 4 rings (SSSR count). The van der Waals surface area contributed by atoms with Gasteiger partial charge in [0.25, 0.3) is 0 Å². The molecule has 2 N–H and O–H groups in total. The molecule has 4 aromatic rings. The molecule has 0 aromatic carbocycles. The fraction of sp³-hybridized carbons (Fsp3) is 0.158. The molecule has 10 heteroatoms. The second-order valence-electron chi connectivity index (χ2n) is 6.36. The minimum atomic E-state index is -4.46. The van der Waals surface area contributed by atoms with Gasteiger partial charge in [-0.15, -0.1) is 0 Å². The molecule has 0 bridgehead atoms. The van der Waals surface area contributed by atoms with Crippen molar-refractivity contribution in [2.75, 3.05) is 5.32 Å². The Balaban J connectivity index is 1.39. The summed E-state index contributed by atoms with van der Waals surface area (Å²) in [6.45, 7) is 0.234. The van der Waals surface area contributed by atoms with Crippen LogP contribution in [0.15, 0.2) is 49.2 Å². The lowest BCUT2D eigenvalue weighted by molar-refractivity contribution is -0.141. The molecule has 4 aromatic heterocycles. The van der Waals surface area contributed by atoms with Gasteiger partial charge in [-0.25, -0.2) is 19.3 Å². The van der Waals surface area contributed by atoms with Crippen molar-refractivity contribution in [3.63, 3.8) is 0 Å². The van der Waals surface area contributed by atoms with Crippen LogP contribution in [0.5, 0.6) is 0 Å². The Kier molecular flexibility index (Phi) is 4.83. The summed E-state index contributed by atoms with van der Waals surface area (Å²) in [5.41, 5.74) is 1.92. The number of aromatic amines is 1. The summed E-state index contributed by atoms with van der Waals surface area (Å²) in [6, 6.07) is 3.70. The molecular weight excluding hydrogens is 388 g/mol. The van der Waals surface area contributed by atoms with Crippen LogP contribution in [-0.2, 0) is 19.1 Å². The van der Waals surface area contributed by atoms with Crippen LogP contribution in [0.4, 0.5) is 23.5 Å². The van der Waals surface area contributed by atoms with Crippen molar-refractivity contribution in [2.45, 2.75) is 19.1 Å². The summed E-state index contributed by atoms with van der Waals surface area (Å²) in [6.07, 6.45) is 3.37. The predicted octanol–water partition coefficient (Wildman–Crippen LogP) is 4.11. The van der Waals surface area contributed by atoms with E-state index in [0.717, 1.165) is 29.6 Å². The van der Waals surface area contributed by atoms with E-state index in [1.807, 2.05) is 0 Å². The number of halogens is 4. The summed E-state index contributed by atoms with van der Waals surface area (Å²) >= 11 is 0. The van der Waals surface area contributed by atoms with E-state index in [-0.39, 0.29) is 6.54 Å². The lowest BCUT2D eigenvalue weighted by atomic mass is 10.1. The zero-order chi connectivity index (χ0) is 20.4. The van der Waals surface area contributed by atoms with Gasteiger partial charge in [-0.2, -0.15) is 13.2 Å². The van der Waals surface area contributed by atoms with Gasteiger partial charge in [-0.3, -0.25) is 4.98 Å². The van der Waals surface area contributed by atoms with Gasteiger partial charge in [0.05, 0.1) is 6.20 Å². The normalized spacial score (nSPS) is 11.7. The van der Waals surface area contributed by atoms with Gasteiger partial charge in [0, 0.05) is 43.1 Å². The molecule has 0 saturated heterocycles. The summed E-state index contributed by atoms with van der Waals surface area (Å²) in [4.78, 5) is 18.8. The van der Waals surface area contributed by atoms with Crippen molar-refractivity contribution in [1.29, 1.82) is 0 Å². The molecule has 0 radical (unpaired) electrons. The largest absolute Gasteiger partial charge is 0.433 e. The van der Waals surface area contributed by atoms with Gasteiger partial charge >= 0.3 is 6.18 Å². The van der Waals surface area contributed by atoms with Gasteiger partial charge in [0.1, 0.15) is 17.2 Å². The molecule has 4 heterocycles. The molecule has 0 aliphatic carbocycles. The van der Waals surface area contributed by atoms with Crippen LogP contribution in [0.2, 0.25) is 0 Å². The number of hydrogen-bond acceptors (Lipinski definition) is 5. The molecule has 0 aliphatic rings. The highest BCUT2D eigenvalue weighted by Crippen LogP contribution is 2.27. The smallest absolute Gasteiger partial charge is 0.350 e. The summed E-state index contributed by atoms with van der Waals surface area (Å²) in [7, 11) is 0. The van der Waals surface area contributed by atoms with E-state index in [1.165, 1.54) is 12.1 Å². The number of anilines is 1. The second kappa shape index (κ2) is 7.46. The fourth-order valence-corrected chi connectivity index (χ4v) is 2.81. The van der Waals surface area contributed by atoms with E-state index in [4.69, 9.17) is 0 Å². The number of rotatable bonds is 5. The predicted molar refractivity (Wildman–Crippen MR) is 97.5 cm³/mol. The van der Waals surface area contributed by atoms with Gasteiger partial charge in [0.2, 0.25) is 5.95 Å². The van der Waals surface area contributed by atoms with Crippen LogP contribution in [0, 0.1) is 5.82 Å². The van der Waals surface area contributed by atoms with Crippen LogP contribution < -0.4 is 5.32 Å². The van der Waals surface area contributed by atoms with Gasteiger partial charge in [-0.05, 0) is 28.8 Å². The van der Waals surface area contributed by atoms with E-state index in [1.54, 1.807) is 18.6 Å². The number of fused-ring (bicyclic) bond motifs is 1. The molecule has 6 nitrogen and oxygen atoms in total. The standard InChI is InChI=1S/C19H14F4N6/c20-14-4-15-13(9-25-17(15)26-10-14)3-12-7-28-18(29-8-12)27-6-11-1-2-16(24-5-11)19(21,22)23/h1-2,4-5,7-10H,3,6H2,(H,25,26)(H,27,28,29). The number of H-pyrrole nitrogens is 1. The van der Waals surface area contributed by atoms with Crippen molar-refractivity contribution in [2.24, 2.45) is 0 Å². The van der Waals surface area contributed by atoms with Crippen LogP contribution in [0.1, 0.15) is 22.4 Å². The Morgan fingerprint density at radius 1 is 0.931 bits per heavy atom. The fourth-order valence-electron chi connectivity index (χ4n) is 2.81. The third-order valence-corrected chi connectivity index (χ3v) is 4.25. The third-order valence-electron chi connectivity index (χ3n) is 4.25. The van der Waals surface area contributed by atoms with Crippen LogP contribution in [0.3, 0.4) is 0 Å². The van der Waals surface area contributed by atoms with Gasteiger partial charge < -0.3 is 10.3 Å². The molecule has 0 amide bonds. The average molecular weight is 402 g/mol. The van der Waals surface area contributed by atoms with Crippen molar-refractivity contribution in [1.82, 2.24) is 24.9 Å². The van der Waals surface area contributed by atoms with Gasteiger partial charge in [0.15, 0.2) is 0 Å². The Bertz CT molecular complexity index is 1120. The monoisotopic (exact) mass is 402 g/mol. The van der Waals surface area contributed by atoms with Crippen molar-refractivity contribution < 1.29 is 17.6 Å². The summed E-state index contributed by atoms with van der Waals surface area (Å²) < 4.78 is 51.0. The van der Waals surface area contributed by atoms with Crippen LogP contribution >= 0.6 is 0 Å². The number of nitrogens with zero attached hydrogens (tertiary/aromatic N) is 4. The third kappa shape index (κ3) is 4.31. The minimum absolute atomic E-state index is 0.234. The lowest BCUT2D eigenvalue weighted by Crippen LogP contribution is -2.09. The highest BCUT2D eigenvalue weighted by molar-refractivity contribution is 5.79. The zero-order valence-electron chi connectivity index (χ0n) is 14.8. The maximum absolute atomic E-state index is 13.4. The zero-order valence-corrected chi connectivity index (χ0v) is 14.8. The van der Waals surface area contributed by atoms with Crippen LogP contribution in [0.25, 0.3) is 11.0 Å².